The fraction of sp³-hybridized carbons (Fsp3) is 0.333. The highest BCUT2D eigenvalue weighted by molar-refractivity contribution is 7.92. The van der Waals surface area contributed by atoms with Gasteiger partial charge in [0.15, 0.2) is 0 Å². The molecule has 152 valence electrons. The smallest absolute Gasteiger partial charge is 0.263 e. The number of sulfonamides is 2. The van der Waals surface area contributed by atoms with Gasteiger partial charge in [0.05, 0.1) is 9.92 Å². The first-order valence-electron chi connectivity index (χ1n) is 8.71. The molecular formula is C18H20Cl2N2O4S2. The zero-order chi connectivity index (χ0) is 20.5. The first-order chi connectivity index (χ1) is 13.1. The summed E-state index contributed by atoms with van der Waals surface area (Å²) in [6, 6.07) is 9.71. The highest BCUT2D eigenvalue weighted by atomic mass is 35.5. The van der Waals surface area contributed by atoms with Crippen LogP contribution in [0.1, 0.15) is 26.2 Å². The van der Waals surface area contributed by atoms with Gasteiger partial charge in [0.1, 0.15) is 4.90 Å². The Morgan fingerprint density at radius 2 is 1.68 bits per heavy atom. The van der Waals surface area contributed by atoms with Crippen molar-refractivity contribution < 1.29 is 16.8 Å². The molecule has 1 fully saturated rings. The van der Waals surface area contributed by atoms with Crippen LogP contribution in [0.3, 0.4) is 0 Å². The van der Waals surface area contributed by atoms with Crippen LogP contribution in [-0.4, -0.2) is 33.7 Å². The average Bonchev–Trinajstić information content (AvgIpc) is 2.64. The van der Waals surface area contributed by atoms with Gasteiger partial charge in [-0.25, -0.2) is 16.8 Å². The van der Waals surface area contributed by atoms with Gasteiger partial charge in [0.2, 0.25) is 10.0 Å². The molecule has 6 nitrogen and oxygen atoms in total. The summed E-state index contributed by atoms with van der Waals surface area (Å²) in [7, 11) is -7.59. The van der Waals surface area contributed by atoms with Crippen molar-refractivity contribution in [2.24, 2.45) is 0 Å². The zero-order valence-electron chi connectivity index (χ0n) is 15.1. The third kappa shape index (κ3) is 4.46. The summed E-state index contributed by atoms with van der Waals surface area (Å²) in [6.45, 7) is 2.39. The van der Waals surface area contributed by atoms with E-state index in [1.54, 1.807) is 0 Å². The summed E-state index contributed by atoms with van der Waals surface area (Å²) in [4.78, 5) is -0.0227. The standard InChI is InChI=1S/C18H20Cl2N2O4S2/c1-13-4-2-3-11-22(13)28(25,26)16-8-6-15(7-9-16)21-27(23,24)18-12-14(19)5-10-17(18)20/h5-10,12-13,21H,2-4,11H2,1H3. The topological polar surface area (TPSA) is 83.6 Å². The molecule has 1 N–H and O–H groups in total. The Hall–Kier alpha value is -1.32. The first-order valence-corrected chi connectivity index (χ1v) is 12.4. The van der Waals surface area contributed by atoms with Crippen LogP contribution in [0.2, 0.25) is 10.0 Å². The molecule has 0 amide bonds. The lowest BCUT2D eigenvalue weighted by Gasteiger charge is -2.32. The van der Waals surface area contributed by atoms with E-state index in [0.29, 0.717) is 6.54 Å². The Bertz CT molecular complexity index is 1070. The van der Waals surface area contributed by atoms with Crippen molar-refractivity contribution in [2.75, 3.05) is 11.3 Å². The maximum atomic E-state index is 12.9. The quantitative estimate of drug-likeness (QED) is 0.715. The minimum atomic E-state index is -3.97. The molecule has 1 aliphatic heterocycles. The predicted molar refractivity (Wildman–Crippen MR) is 111 cm³/mol. The molecule has 0 radical (unpaired) electrons. The van der Waals surface area contributed by atoms with Gasteiger partial charge in [0, 0.05) is 23.3 Å². The summed E-state index contributed by atoms with van der Waals surface area (Å²) >= 11 is 11.8. The van der Waals surface area contributed by atoms with Gasteiger partial charge in [-0.15, -0.1) is 0 Å². The van der Waals surface area contributed by atoms with E-state index in [0.717, 1.165) is 19.3 Å². The van der Waals surface area contributed by atoms with Crippen LogP contribution in [0, 0.1) is 0 Å². The number of hydrogen-bond donors (Lipinski definition) is 1. The molecule has 2 aromatic rings. The molecule has 1 saturated heterocycles. The van der Waals surface area contributed by atoms with Crippen molar-refractivity contribution >= 4 is 48.9 Å². The molecule has 0 aromatic heterocycles. The molecular weight excluding hydrogens is 443 g/mol. The monoisotopic (exact) mass is 462 g/mol. The van der Waals surface area contributed by atoms with Crippen LogP contribution in [0.5, 0.6) is 0 Å². The molecule has 0 aliphatic carbocycles. The zero-order valence-corrected chi connectivity index (χ0v) is 18.2. The third-order valence-corrected chi connectivity index (χ3v) is 8.76. The number of nitrogens with zero attached hydrogens (tertiary/aromatic N) is 1. The molecule has 3 rings (SSSR count). The number of rotatable bonds is 5. The molecule has 0 spiro atoms. The van der Waals surface area contributed by atoms with E-state index in [2.05, 4.69) is 4.72 Å². The van der Waals surface area contributed by atoms with E-state index in [-0.39, 0.29) is 31.6 Å². The van der Waals surface area contributed by atoms with E-state index < -0.39 is 20.0 Å². The summed E-state index contributed by atoms with van der Waals surface area (Å²) in [5, 5.41) is 0.275. The summed E-state index contributed by atoms with van der Waals surface area (Å²) in [6.07, 6.45) is 2.68. The highest BCUT2D eigenvalue weighted by Crippen LogP contribution is 2.29. The summed E-state index contributed by atoms with van der Waals surface area (Å²) in [5.74, 6) is 0. The number of anilines is 1. The maximum absolute atomic E-state index is 12.9. The van der Waals surface area contributed by atoms with Gasteiger partial charge in [-0.05, 0) is 62.2 Å². The van der Waals surface area contributed by atoms with Crippen molar-refractivity contribution in [3.63, 3.8) is 0 Å². The Kier molecular flexibility index (Phi) is 6.26. The van der Waals surface area contributed by atoms with Gasteiger partial charge in [0.25, 0.3) is 10.0 Å². The predicted octanol–water partition coefficient (Wildman–Crippen LogP) is 4.36. The lowest BCUT2D eigenvalue weighted by atomic mass is 10.1. The summed E-state index contributed by atoms with van der Waals surface area (Å²) < 4.78 is 54.7. The summed E-state index contributed by atoms with van der Waals surface area (Å²) in [5.41, 5.74) is 0.224. The number of benzene rings is 2. The van der Waals surface area contributed by atoms with Gasteiger partial charge < -0.3 is 0 Å². The lowest BCUT2D eigenvalue weighted by molar-refractivity contribution is 0.268. The highest BCUT2D eigenvalue weighted by Gasteiger charge is 2.31. The minimum absolute atomic E-state index is 0.0372. The second kappa shape index (κ2) is 8.20. The molecule has 0 saturated carbocycles. The number of hydrogen-bond acceptors (Lipinski definition) is 4. The van der Waals surface area contributed by atoms with Crippen LogP contribution >= 0.6 is 23.2 Å². The van der Waals surface area contributed by atoms with Gasteiger partial charge in [-0.1, -0.05) is 29.6 Å². The van der Waals surface area contributed by atoms with E-state index in [4.69, 9.17) is 23.2 Å². The van der Waals surface area contributed by atoms with Crippen molar-refractivity contribution in [1.29, 1.82) is 0 Å². The van der Waals surface area contributed by atoms with E-state index in [9.17, 15) is 16.8 Å². The second-order valence-corrected chi connectivity index (χ2v) is 11.1. The van der Waals surface area contributed by atoms with Crippen LogP contribution < -0.4 is 4.72 Å². The van der Waals surface area contributed by atoms with Crippen LogP contribution in [0.25, 0.3) is 0 Å². The lowest BCUT2D eigenvalue weighted by Crippen LogP contribution is -2.41. The molecule has 1 atom stereocenters. The Morgan fingerprint density at radius 1 is 1.00 bits per heavy atom. The first kappa shape index (κ1) is 21.4. The molecule has 10 heteroatoms. The van der Waals surface area contributed by atoms with E-state index in [1.807, 2.05) is 6.92 Å². The fourth-order valence-electron chi connectivity index (χ4n) is 3.15. The molecule has 28 heavy (non-hydrogen) atoms. The van der Waals surface area contributed by atoms with Crippen molar-refractivity contribution in [2.45, 2.75) is 42.0 Å². The van der Waals surface area contributed by atoms with Crippen LogP contribution in [0.4, 0.5) is 5.69 Å². The second-order valence-electron chi connectivity index (χ2n) is 6.67. The largest absolute Gasteiger partial charge is 0.280 e. The third-order valence-electron chi connectivity index (χ3n) is 4.64. The van der Waals surface area contributed by atoms with E-state index in [1.165, 1.54) is 46.8 Å². The van der Waals surface area contributed by atoms with Gasteiger partial charge in [-0.3, -0.25) is 4.72 Å². The number of piperidine rings is 1. The molecule has 2 aromatic carbocycles. The Labute approximate surface area is 175 Å². The van der Waals surface area contributed by atoms with Crippen molar-refractivity contribution in [3.8, 4) is 0 Å². The number of nitrogens with one attached hydrogen (secondary N) is 1. The molecule has 1 unspecified atom stereocenters. The SMILES string of the molecule is CC1CCCCN1S(=O)(=O)c1ccc(NS(=O)(=O)c2cc(Cl)ccc2Cl)cc1. The molecule has 0 bridgehead atoms. The van der Waals surface area contributed by atoms with E-state index >= 15 is 0 Å². The molecule has 1 aliphatic rings. The Morgan fingerprint density at radius 3 is 2.32 bits per heavy atom. The minimum Gasteiger partial charge on any atom is -0.280 e. The van der Waals surface area contributed by atoms with Crippen LogP contribution in [-0.2, 0) is 20.0 Å². The van der Waals surface area contributed by atoms with Crippen LogP contribution in [0.15, 0.2) is 52.3 Å². The molecule has 1 heterocycles. The van der Waals surface area contributed by atoms with Gasteiger partial charge >= 0.3 is 0 Å². The Balaban J connectivity index is 1.84. The fourth-order valence-corrected chi connectivity index (χ4v) is 6.67. The van der Waals surface area contributed by atoms with Gasteiger partial charge in [-0.2, -0.15) is 4.31 Å². The van der Waals surface area contributed by atoms with Crippen molar-refractivity contribution in [3.05, 3.63) is 52.5 Å². The normalized spacial score (nSPS) is 18.8. The van der Waals surface area contributed by atoms with Crippen molar-refractivity contribution in [1.82, 2.24) is 4.31 Å². The number of halogens is 2. The average molecular weight is 463 g/mol. The maximum Gasteiger partial charge on any atom is 0.263 e.